The molecule has 1 atom stereocenters. The van der Waals surface area contributed by atoms with E-state index in [1.165, 1.54) is 0 Å². The van der Waals surface area contributed by atoms with Crippen molar-refractivity contribution in [2.75, 3.05) is 30.4 Å². The SMILES string of the molecule is CNC(=O)c1cc(Nc2nc(-c3ccc4c(c3)N([C@H]3C[C@@H](N5CCCC(C(F)F)C5)C3)C(=O)C4(C)C)cc3ncn(C(C)C)c23)ccc1C. The summed E-state index contributed by atoms with van der Waals surface area (Å²) in [5.74, 6) is -0.0421. The van der Waals surface area contributed by atoms with Crippen molar-refractivity contribution >= 4 is 40.0 Å². The van der Waals surface area contributed by atoms with Crippen LogP contribution < -0.4 is 15.5 Å². The average molecular weight is 670 g/mol. The standard InChI is InChI=1S/C38H45F2N7O2/c1-21(2)46-20-42-31-18-30(44-35(33(31)46)43-25-11-9-22(3)28(15-25)36(48)41-6)23-10-12-29-32(14-23)47(37(49)38(29,4)5)27-16-26(17-27)45-13-7-8-24(19-45)34(39)40/h9-12,14-15,18,20-21,24,26-27,34H,7-8,13,16-17,19H2,1-6H3,(H,41,48)(H,43,44)/t24?,26-,27+. The number of benzene rings is 2. The zero-order valence-corrected chi connectivity index (χ0v) is 29.1. The fourth-order valence-electron chi connectivity index (χ4n) is 7.86. The summed E-state index contributed by atoms with van der Waals surface area (Å²) in [5, 5.41) is 6.19. The fraction of sp³-hybridized carbons (Fsp3) is 0.474. The molecular formula is C38H45F2N7O2. The van der Waals surface area contributed by atoms with Crippen LogP contribution in [0.5, 0.6) is 0 Å². The van der Waals surface area contributed by atoms with E-state index in [1.54, 1.807) is 7.05 Å². The van der Waals surface area contributed by atoms with Crippen LogP contribution in [0.15, 0.2) is 48.8 Å². The van der Waals surface area contributed by atoms with Gasteiger partial charge in [0.2, 0.25) is 12.3 Å². The van der Waals surface area contributed by atoms with Crippen LogP contribution in [-0.2, 0) is 10.2 Å². The number of hydrogen-bond acceptors (Lipinski definition) is 6. The van der Waals surface area contributed by atoms with Gasteiger partial charge in [0.1, 0.15) is 5.52 Å². The maximum atomic E-state index is 14.0. The van der Waals surface area contributed by atoms with Crippen LogP contribution in [0.25, 0.3) is 22.3 Å². The molecule has 2 aromatic carbocycles. The van der Waals surface area contributed by atoms with E-state index >= 15 is 0 Å². The van der Waals surface area contributed by atoms with Crippen molar-refractivity contribution in [2.24, 2.45) is 5.92 Å². The Kier molecular flexibility index (Phi) is 8.45. The van der Waals surface area contributed by atoms with Crippen LogP contribution in [0.4, 0.5) is 26.0 Å². The fourth-order valence-corrected chi connectivity index (χ4v) is 7.86. The van der Waals surface area contributed by atoms with Crippen LogP contribution in [0.1, 0.15) is 80.9 Å². The molecule has 7 rings (SSSR count). The molecule has 1 saturated heterocycles. The molecule has 11 heteroatoms. The van der Waals surface area contributed by atoms with Gasteiger partial charge >= 0.3 is 0 Å². The topological polar surface area (TPSA) is 95.4 Å². The van der Waals surface area contributed by atoms with Gasteiger partial charge in [-0.2, -0.15) is 0 Å². The number of nitrogens with one attached hydrogen (secondary N) is 2. The summed E-state index contributed by atoms with van der Waals surface area (Å²) < 4.78 is 29.1. The van der Waals surface area contributed by atoms with Crippen LogP contribution >= 0.6 is 0 Å². The minimum atomic E-state index is -2.29. The highest BCUT2D eigenvalue weighted by Crippen LogP contribution is 2.48. The molecule has 3 aliphatic rings. The third-order valence-corrected chi connectivity index (χ3v) is 10.9. The smallest absolute Gasteiger partial charge is 0.251 e. The number of likely N-dealkylation sites (tertiary alicyclic amines) is 1. The molecule has 2 amide bonds. The van der Waals surface area contributed by atoms with Crippen molar-refractivity contribution < 1.29 is 18.4 Å². The van der Waals surface area contributed by atoms with Crippen molar-refractivity contribution in [1.82, 2.24) is 24.8 Å². The van der Waals surface area contributed by atoms with E-state index in [0.29, 0.717) is 30.0 Å². The molecule has 0 radical (unpaired) electrons. The highest BCUT2D eigenvalue weighted by atomic mass is 19.3. The summed E-state index contributed by atoms with van der Waals surface area (Å²) in [6.07, 6.45) is 2.46. The van der Waals surface area contributed by atoms with Crippen molar-refractivity contribution in [3.05, 3.63) is 65.5 Å². The van der Waals surface area contributed by atoms with Gasteiger partial charge in [-0.25, -0.2) is 18.7 Å². The summed E-state index contributed by atoms with van der Waals surface area (Å²) >= 11 is 0. The first-order chi connectivity index (χ1) is 23.4. The number of anilines is 3. The molecule has 2 fully saturated rings. The quantitative estimate of drug-likeness (QED) is 0.206. The third-order valence-electron chi connectivity index (χ3n) is 10.9. The Labute approximate surface area is 286 Å². The zero-order chi connectivity index (χ0) is 34.8. The molecule has 49 heavy (non-hydrogen) atoms. The first-order valence-electron chi connectivity index (χ1n) is 17.4. The second-order valence-corrected chi connectivity index (χ2v) is 14.7. The lowest BCUT2D eigenvalue weighted by atomic mass is 9.82. The summed E-state index contributed by atoms with van der Waals surface area (Å²) in [6, 6.07) is 14.1. The number of rotatable bonds is 8. The maximum Gasteiger partial charge on any atom is 0.251 e. The van der Waals surface area contributed by atoms with Gasteiger partial charge in [-0.15, -0.1) is 0 Å². The van der Waals surface area contributed by atoms with Crippen LogP contribution in [0, 0.1) is 12.8 Å². The molecule has 4 heterocycles. The molecule has 0 bridgehead atoms. The molecule has 0 spiro atoms. The van der Waals surface area contributed by atoms with Gasteiger partial charge in [0.25, 0.3) is 5.91 Å². The minimum absolute atomic E-state index is 0.0191. The van der Waals surface area contributed by atoms with E-state index in [9.17, 15) is 18.4 Å². The van der Waals surface area contributed by atoms with E-state index in [4.69, 9.17) is 9.97 Å². The minimum Gasteiger partial charge on any atom is -0.355 e. The van der Waals surface area contributed by atoms with E-state index in [2.05, 4.69) is 40.0 Å². The lowest BCUT2D eigenvalue weighted by Gasteiger charge is -2.49. The van der Waals surface area contributed by atoms with Crippen LogP contribution in [0.3, 0.4) is 0 Å². The number of carbonyl (C=O) groups is 2. The highest BCUT2D eigenvalue weighted by molar-refractivity contribution is 6.09. The number of alkyl halides is 2. The number of carbonyl (C=O) groups excluding carboxylic acids is 2. The number of pyridine rings is 1. The predicted octanol–water partition coefficient (Wildman–Crippen LogP) is 7.22. The molecule has 1 saturated carbocycles. The molecule has 2 aliphatic heterocycles. The highest BCUT2D eigenvalue weighted by Gasteiger charge is 2.50. The maximum absolute atomic E-state index is 14.0. The summed E-state index contributed by atoms with van der Waals surface area (Å²) in [6.45, 7) is 11.3. The van der Waals surface area contributed by atoms with Gasteiger partial charge in [-0.05, 0) is 102 Å². The van der Waals surface area contributed by atoms with Gasteiger partial charge in [-0.3, -0.25) is 14.5 Å². The largest absolute Gasteiger partial charge is 0.355 e. The Morgan fingerprint density at radius 3 is 2.55 bits per heavy atom. The van der Waals surface area contributed by atoms with E-state index in [-0.39, 0.29) is 29.9 Å². The normalized spacial score (nSPS) is 22.1. The number of aromatic nitrogens is 3. The number of fused-ring (bicyclic) bond motifs is 2. The Balaban J connectivity index is 1.23. The van der Waals surface area contributed by atoms with Gasteiger partial charge in [0, 0.05) is 60.1 Å². The van der Waals surface area contributed by atoms with Crippen molar-refractivity contribution in [3.8, 4) is 11.3 Å². The van der Waals surface area contributed by atoms with Crippen molar-refractivity contribution in [1.29, 1.82) is 0 Å². The Morgan fingerprint density at radius 2 is 1.84 bits per heavy atom. The lowest BCUT2D eigenvalue weighted by Crippen LogP contribution is -2.58. The number of nitrogens with zero attached hydrogens (tertiary/aromatic N) is 5. The van der Waals surface area contributed by atoms with E-state index < -0.39 is 17.8 Å². The molecule has 4 aromatic rings. The van der Waals surface area contributed by atoms with E-state index in [1.807, 2.05) is 68.4 Å². The number of aryl methyl sites for hydroxylation is 1. The van der Waals surface area contributed by atoms with Gasteiger partial charge in [0.05, 0.1) is 23.0 Å². The average Bonchev–Trinajstić information content (AvgIpc) is 3.58. The number of hydrogen-bond donors (Lipinski definition) is 2. The number of halogens is 2. The van der Waals surface area contributed by atoms with Gasteiger partial charge in [-0.1, -0.05) is 18.2 Å². The summed E-state index contributed by atoms with van der Waals surface area (Å²) in [4.78, 5) is 40.6. The third kappa shape index (κ3) is 5.75. The molecule has 258 valence electrons. The molecular weight excluding hydrogens is 624 g/mol. The number of imidazole rings is 1. The number of amides is 2. The molecule has 1 aliphatic carbocycles. The lowest BCUT2D eigenvalue weighted by molar-refractivity contribution is -0.123. The monoisotopic (exact) mass is 669 g/mol. The Hall–Kier alpha value is -4.38. The number of piperidine rings is 1. The van der Waals surface area contributed by atoms with Crippen LogP contribution in [-0.4, -0.2) is 69.9 Å². The molecule has 2 aromatic heterocycles. The summed E-state index contributed by atoms with van der Waals surface area (Å²) in [5.41, 5.74) is 6.56. The predicted molar refractivity (Wildman–Crippen MR) is 189 cm³/mol. The Bertz CT molecular complexity index is 1930. The first-order valence-corrected chi connectivity index (χ1v) is 17.4. The second-order valence-electron chi connectivity index (χ2n) is 14.7. The summed E-state index contributed by atoms with van der Waals surface area (Å²) in [7, 11) is 1.62. The van der Waals surface area contributed by atoms with Gasteiger partial charge < -0.3 is 20.1 Å². The van der Waals surface area contributed by atoms with Crippen molar-refractivity contribution in [2.45, 2.75) is 90.3 Å². The molecule has 2 N–H and O–H groups in total. The second kappa shape index (κ2) is 12.5. The first kappa shape index (κ1) is 33.1. The zero-order valence-electron chi connectivity index (χ0n) is 29.1. The Morgan fingerprint density at radius 1 is 1.06 bits per heavy atom. The van der Waals surface area contributed by atoms with Gasteiger partial charge in [0.15, 0.2) is 5.82 Å². The molecule has 9 nitrogen and oxygen atoms in total. The van der Waals surface area contributed by atoms with E-state index in [0.717, 1.165) is 64.9 Å². The van der Waals surface area contributed by atoms with Crippen LogP contribution in [0.2, 0.25) is 0 Å². The van der Waals surface area contributed by atoms with Crippen molar-refractivity contribution in [3.63, 3.8) is 0 Å². The molecule has 1 unspecified atom stereocenters.